The smallest absolute Gasteiger partial charge is 0.135 e. The van der Waals surface area contributed by atoms with Crippen molar-refractivity contribution in [3.05, 3.63) is 52.2 Å². The molecule has 0 saturated carbocycles. The van der Waals surface area contributed by atoms with E-state index in [1.807, 2.05) is 0 Å². The summed E-state index contributed by atoms with van der Waals surface area (Å²) >= 11 is 1.70. The van der Waals surface area contributed by atoms with Crippen molar-refractivity contribution >= 4 is 27.4 Å². The van der Waals surface area contributed by atoms with Crippen molar-refractivity contribution in [1.29, 1.82) is 0 Å². The standard InChI is InChI=1S/C17H17N3S/c1-10-8-14-15(18)19-16(20-17(14)21-10)13-7-6-11-4-2-3-5-12(11)9-13/h2-5,8,13H,6-7,9H2,1H3,(H2,18,19,20). The summed E-state index contributed by atoms with van der Waals surface area (Å²) in [6, 6.07) is 10.8. The molecule has 21 heavy (non-hydrogen) atoms. The summed E-state index contributed by atoms with van der Waals surface area (Å²) in [5.41, 5.74) is 9.02. The first kappa shape index (κ1) is 12.8. The maximum atomic E-state index is 6.13. The zero-order chi connectivity index (χ0) is 14.4. The molecule has 2 aromatic heterocycles. The topological polar surface area (TPSA) is 51.8 Å². The Morgan fingerprint density at radius 3 is 2.86 bits per heavy atom. The summed E-state index contributed by atoms with van der Waals surface area (Å²) in [7, 11) is 0. The number of nitrogens with two attached hydrogens (primary N) is 1. The van der Waals surface area contributed by atoms with Crippen LogP contribution < -0.4 is 5.73 Å². The van der Waals surface area contributed by atoms with E-state index in [2.05, 4.69) is 42.2 Å². The lowest BCUT2D eigenvalue weighted by atomic mass is 9.83. The summed E-state index contributed by atoms with van der Waals surface area (Å²) in [6.07, 6.45) is 3.23. The number of aromatic nitrogens is 2. The molecule has 106 valence electrons. The SMILES string of the molecule is Cc1cc2c(N)nc(C3CCc4ccccc4C3)nc2s1. The molecule has 3 nitrogen and oxygen atoms in total. The second-order valence-electron chi connectivity index (χ2n) is 5.75. The van der Waals surface area contributed by atoms with Crippen molar-refractivity contribution < 1.29 is 0 Å². The molecule has 0 spiro atoms. The molecule has 0 saturated heterocycles. The zero-order valence-corrected chi connectivity index (χ0v) is 12.8. The predicted molar refractivity (Wildman–Crippen MR) is 87.8 cm³/mol. The van der Waals surface area contributed by atoms with Crippen LogP contribution in [-0.4, -0.2) is 9.97 Å². The van der Waals surface area contributed by atoms with E-state index in [9.17, 15) is 0 Å². The first-order chi connectivity index (χ1) is 10.2. The first-order valence-corrected chi connectivity index (χ1v) is 8.12. The second kappa shape index (κ2) is 4.81. The van der Waals surface area contributed by atoms with Gasteiger partial charge in [-0.25, -0.2) is 9.97 Å². The molecule has 4 heteroatoms. The van der Waals surface area contributed by atoms with E-state index in [0.29, 0.717) is 11.7 Å². The molecule has 0 fully saturated rings. The number of aryl methyl sites for hydroxylation is 2. The van der Waals surface area contributed by atoms with Crippen LogP contribution in [0.5, 0.6) is 0 Å². The van der Waals surface area contributed by atoms with Crippen LogP contribution in [-0.2, 0) is 12.8 Å². The molecule has 2 heterocycles. The molecule has 0 amide bonds. The Balaban J connectivity index is 1.74. The van der Waals surface area contributed by atoms with Gasteiger partial charge >= 0.3 is 0 Å². The molecular weight excluding hydrogens is 278 g/mol. The Morgan fingerprint density at radius 2 is 2.00 bits per heavy atom. The Kier molecular flexibility index (Phi) is 2.93. The third-order valence-corrected chi connectivity index (χ3v) is 5.22. The Labute approximate surface area is 127 Å². The number of thiophene rings is 1. The average molecular weight is 295 g/mol. The molecule has 4 rings (SSSR count). The third kappa shape index (κ3) is 2.20. The number of benzene rings is 1. The fourth-order valence-electron chi connectivity index (χ4n) is 3.18. The summed E-state index contributed by atoms with van der Waals surface area (Å²) in [6.45, 7) is 2.09. The van der Waals surface area contributed by atoms with Gasteiger partial charge in [-0.15, -0.1) is 11.3 Å². The summed E-state index contributed by atoms with van der Waals surface area (Å²) in [5.74, 6) is 1.92. The fraction of sp³-hybridized carbons (Fsp3) is 0.294. The molecule has 1 aliphatic rings. The highest BCUT2D eigenvalue weighted by molar-refractivity contribution is 7.18. The van der Waals surface area contributed by atoms with Gasteiger partial charge in [-0.1, -0.05) is 24.3 Å². The number of hydrogen-bond acceptors (Lipinski definition) is 4. The molecule has 1 aromatic carbocycles. The monoisotopic (exact) mass is 295 g/mol. The highest BCUT2D eigenvalue weighted by atomic mass is 32.1. The predicted octanol–water partition coefficient (Wildman–Crippen LogP) is 3.85. The van der Waals surface area contributed by atoms with Crippen LogP contribution in [0.2, 0.25) is 0 Å². The van der Waals surface area contributed by atoms with Gasteiger partial charge in [0, 0.05) is 10.8 Å². The second-order valence-corrected chi connectivity index (χ2v) is 6.99. The Hall–Kier alpha value is -1.94. The van der Waals surface area contributed by atoms with E-state index in [1.54, 1.807) is 11.3 Å². The fourth-order valence-corrected chi connectivity index (χ4v) is 4.08. The zero-order valence-electron chi connectivity index (χ0n) is 12.0. The molecule has 0 radical (unpaired) electrons. The van der Waals surface area contributed by atoms with Crippen LogP contribution >= 0.6 is 11.3 Å². The van der Waals surface area contributed by atoms with Crippen molar-refractivity contribution in [3.63, 3.8) is 0 Å². The minimum atomic E-state index is 0.383. The molecule has 1 unspecified atom stereocenters. The van der Waals surface area contributed by atoms with Crippen LogP contribution in [0.25, 0.3) is 10.2 Å². The van der Waals surface area contributed by atoms with E-state index in [1.165, 1.54) is 16.0 Å². The quantitative estimate of drug-likeness (QED) is 0.741. The van der Waals surface area contributed by atoms with E-state index in [0.717, 1.165) is 35.3 Å². The van der Waals surface area contributed by atoms with E-state index >= 15 is 0 Å². The Bertz CT molecular complexity index is 822. The van der Waals surface area contributed by atoms with E-state index in [-0.39, 0.29) is 0 Å². The van der Waals surface area contributed by atoms with Crippen molar-refractivity contribution in [2.24, 2.45) is 0 Å². The molecule has 0 bridgehead atoms. The number of anilines is 1. The number of nitrogen functional groups attached to an aromatic ring is 1. The highest BCUT2D eigenvalue weighted by Crippen LogP contribution is 2.34. The molecule has 3 aromatic rings. The van der Waals surface area contributed by atoms with Gasteiger partial charge in [0.1, 0.15) is 16.5 Å². The van der Waals surface area contributed by atoms with Crippen molar-refractivity contribution in [1.82, 2.24) is 9.97 Å². The first-order valence-electron chi connectivity index (χ1n) is 7.31. The molecular formula is C17H17N3S. The van der Waals surface area contributed by atoms with Crippen LogP contribution in [0.15, 0.2) is 30.3 Å². The van der Waals surface area contributed by atoms with Crippen LogP contribution in [0.4, 0.5) is 5.82 Å². The van der Waals surface area contributed by atoms with E-state index in [4.69, 9.17) is 10.7 Å². The van der Waals surface area contributed by atoms with Crippen LogP contribution in [0.3, 0.4) is 0 Å². The Morgan fingerprint density at radius 1 is 1.19 bits per heavy atom. The summed E-state index contributed by atoms with van der Waals surface area (Å²) in [4.78, 5) is 11.6. The number of hydrogen-bond donors (Lipinski definition) is 1. The summed E-state index contributed by atoms with van der Waals surface area (Å²) < 4.78 is 0. The highest BCUT2D eigenvalue weighted by Gasteiger charge is 2.23. The molecule has 0 aliphatic heterocycles. The number of fused-ring (bicyclic) bond motifs is 2. The van der Waals surface area contributed by atoms with E-state index < -0.39 is 0 Å². The van der Waals surface area contributed by atoms with Gasteiger partial charge in [0.2, 0.25) is 0 Å². The average Bonchev–Trinajstić information content (AvgIpc) is 2.88. The molecule has 1 aliphatic carbocycles. The third-order valence-electron chi connectivity index (χ3n) is 4.27. The van der Waals surface area contributed by atoms with Gasteiger partial charge < -0.3 is 5.73 Å². The van der Waals surface area contributed by atoms with Crippen LogP contribution in [0.1, 0.15) is 34.2 Å². The normalized spacial score (nSPS) is 17.9. The van der Waals surface area contributed by atoms with Crippen molar-refractivity contribution in [2.75, 3.05) is 5.73 Å². The number of rotatable bonds is 1. The van der Waals surface area contributed by atoms with Gasteiger partial charge in [0.05, 0.1) is 5.39 Å². The minimum Gasteiger partial charge on any atom is -0.383 e. The van der Waals surface area contributed by atoms with Crippen molar-refractivity contribution in [3.8, 4) is 0 Å². The van der Waals surface area contributed by atoms with Gasteiger partial charge in [0.15, 0.2) is 0 Å². The van der Waals surface area contributed by atoms with Gasteiger partial charge in [0.25, 0.3) is 0 Å². The maximum absolute atomic E-state index is 6.13. The number of nitrogens with zero attached hydrogens (tertiary/aromatic N) is 2. The van der Waals surface area contributed by atoms with Gasteiger partial charge in [-0.05, 0) is 43.4 Å². The minimum absolute atomic E-state index is 0.383. The summed E-state index contributed by atoms with van der Waals surface area (Å²) in [5, 5.41) is 0.998. The van der Waals surface area contributed by atoms with Crippen LogP contribution in [0, 0.1) is 6.92 Å². The van der Waals surface area contributed by atoms with Gasteiger partial charge in [-0.3, -0.25) is 0 Å². The largest absolute Gasteiger partial charge is 0.383 e. The lowest BCUT2D eigenvalue weighted by Crippen LogP contribution is -2.15. The lowest BCUT2D eigenvalue weighted by molar-refractivity contribution is 0.558. The lowest BCUT2D eigenvalue weighted by Gasteiger charge is -2.23. The molecule has 2 N–H and O–H groups in total. The van der Waals surface area contributed by atoms with Crippen molar-refractivity contribution in [2.45, 2.75) is 32.1 Å². The van der Waals surface area contributed by atoms with Gasteiger partial charge in [-0.2, -0.15) is 0 Å². The maximum Gasteiger partial charge on any atom is 0.135 e. The molecule has 1 atom stereocenters.